The number of aryl methyl sites for hydroxylation is 2. The van der Waals surface area contributed by atoms with Crippen LogP contribution in [0.4, 0.5) is 21.0 Å². The van der Waals surface area contributed by atoms with E-state index in [1.54, 1.807) is 24.3 Å². The summed E-state index contributed by atoms with van der Waals surface area (Å²) in [6.07, 6.45) is 6.05. The molecule has 2 aliphatic carbocycles. The van der Waals surface area contributed by atoms with Gasteiger partial charge in [0.15, 0.2) is 9.92 Å². The molecule has 0 aromatic heterocycles. The molecule has 5 rings (SSSR count). The number of anilines is 2. The number of carbonyl (C=O) groups is 2. The van der Waals surface area contributed by atoms with E-state index in [2.05, 4.69) is 25.8 Å². The molecule has 1 heterocycles. The van der Waals surface area contributed by atoms with Gasteiger partial charge in [0.25, 0.3) is 0 Å². The van der Waals surface area contributed by atoms with E-state index in [4.69, 9.17) is 0 Å². The molecule has 3 aliphatic rings. The molecule has 144 valence electrons. The van der Waals surface area contributed by atoms with Crippen LogP contribution in [0.3, 0.4) is 0 Å². The molecule has 0 bridgehead atoms. The van der Waals surface area contributed by atoms with Crippen molar-refractivity contribution in [1.29, 1.82) is 0 Å². The second kappa shape index (κ2) is 6.34. The molecule has 0 spiro atoms. The number of para-hydroxylation sites is 1. The Kier molecular flexibility index (Phi) is 3.90. The molecule has 7 nitrogen and oxygen atoms in total. The van der Waals surface area contributed by atoms with Crippen LogP contribution in [0.15, 0.2) is 39.6 Å². The maximum absolute atomic E-state index is 13.3. The van der Waals surface area contributed by atoms with Gasteiger partial charge in [-0.3, -0.25) is 0 Å². The van der Waals surface area contributed by atoms with Gasteiger partial charge in [-0.25, -0.2) is 18.5 Å². The van der Waals surface area contributed by atoms with E-state index >= 15 is 0 Å². The monoisotopic (exact) mass is 396 g/mol. The number of carbonyl (C=O) groups excluding carboxylic acids is 2. The molecule has 4 amide bonds. The highest BCUT2D eigenvalue weighted by molar-refractivity contribution is 7.93. The SMILES string of the molecule is O=C(N=S1(=O)NC(=O)Nc2ccccc21)Nc1c2c(cc3c1CCC3)CCC2. The van der Waals surface area contributed by atoms with Gasteiger partial charge in [-0.05, 0) is 72.9 Å². The molecule has 3 N–H and O–H groups in total. The number of urea groups is 2. The zero-order chi connectivity index (χ0) is 19.3. The summed E-state index contributed by atoms with van der Waals surface area (Å²) in [5.41, 5.74) is 6.17. The number of benzene rings is 2. The summed E-state index contributed by atoms with van der Waals surface area (Å²) in [5, 5.41) is 5.49. The van der Waals surface area contributed by atoms with Crippen LogP contribution in [0.25, 0.3) is 0 Å². The fourth-order valence-electron chi connectivity index (χ4n) is 4.43. The van der Waals surface area contributed by atoms with Crippen LogP contribution in [0.1, 0.15) is 35.1 Å². The molecule has 0 fully saturated rings. The first-order chi connectivity index (χ1) is 13.5. The van der Waals surface area contributed by atoms with Crippen molar-refractivity contribution >= 4 is 33.4 Å². The van der Waals surface area contributed by atoms with Crippen LogP contribution in [0.5, 0.6) is 0 Å². The highest BCUT2D eigenvalue weighted by atomic mass is 32.2. The first-order valence-electron chi connectivity index (χ1n) is 9.46. The van der Waals surface area contributed by atoms with E-state index < -0.39 is 22.0 Å². The maximum atomic E-state index is 13.3. The third-order valence-corrected chi connectivity index (χ3v) is 7.42. The normalized spacial score (nSPS) is 21.8. The summed E-state index contributed by atoms with van der Waals surface area (Å²) in [6, 6.07) is 7.60. The minimum atomic E-state index is -3.40. The van der Waals surface area contributed by atoms with Crippen molar-refractivity contribution in [2.45, 2.75) is 43.4 Å². The summed E-state index contributed by atoms with van der Waals surface area (Å²) in [7, 11) is -3.40. The molecule has 0 saturated heterocycles. The van der Waals surface area contributed by atoms with Crippen LogP contribution in [-0.2, 0) is 35.6 Å². The number of nitrogens with one attached hydrogen (secondary N) is 3. The molecule has 1 atom stereocenters. The van der Waals surface area contributed by atoms with Crippen LogP contribution in [0, 0.1) is 0 Å². The highest BCUT2D eigenvalue weighted by Gasteiger charge is 2.29. The number of nitrogens with zero attached hydrogens (tertiary/aromatic N) is 1. The summed E-state index contributed by atoms with van der Waals surface area (Å²) < 4.78 is 19.5. The molecule has 28 heavy (non-hydrogen) atoms. The quantitative estimate of drug-likeness (QED) is 0.684. The summed E-state index contributed by atoms with van der Waals surface area (Å²) in [6.45, 7) is 0. The van der Waals surface area contributed by atoms with Crippen molar-refractivity contribution < 1.29 is 13.8 Å². The van der Waals surface area contributed by atoms with Crippen molar-refractivity contribution in [1.82, 2.24) is 4.72 Å². The molecule has 2 aromatic carbocycles. The van der Waals surface area contributed by atoms with Gasteiger partial charge in [-0.1, -0.05) is 18.2 Å². The van der Waals surface area contributed by atoms with Crippen LogP contribution in [0.2, 0.25) is 0 Å². The summed E-state index contributed by atoms with van der Waals surface area (Å²) in [4.78, 5) is 25.0. The maximum Gasteiger partial charge on any atom is 0.355 e. The van der Waals surface area contributed by atoms with Gasteiger partial charge < -0.3 is 10.6 Å². The number of rotatable bonds is 1. The van der Waals surface area contributed by atoms with Crippen molar-refractivity contribution in [3.63, 3.8) is 0 Å². The molecule has 8 heteroatoms. The van der Waals surface area contributed by atoms with E-state index in [1.807, 2.05) is 0 Å². The van der Waals surface area contributed by atoms with E-state index in [1.165, 1.54) is 22.3 Å². The van der Waals surface area contributed by atoms with Crippen molar-refractivity contribution in [2.75, 3.05) is 10.6 Å². The second-order valence-corrected chi connectivity index (χ2v) is 9.21. The zero-order valence-corrected chi connectivity index (χ0v) is 16.0. The summed E-state index contributed by atoms with van der Waals surface area (Å²) in [5.74, 6) is 0. The van der Waals surface area contributed by atoms with Gasteiger partial charge in [-0.2, -0.15) is 0 Å². The summed E-state index contributed by atoms with van der Waals surface area (Å²) >= 11 is 0. The van der Waals surface area contributed by atoms with Gasteiger partial charge in [0.2, 0.25) is 0 Å². The Balaban J connectivity index is 1.55. The number of amides is 4. The van der Waals surface area contributed by atoms with Crippen LogP contribution in [-0.4, -0.2) is 16.3 Å². The average Bonchev–Trinajstić information content (AvgIpc) is 3.30. The number of hydrogen-bond donors (Lipinski definition) is 3. The van der Waals surface area contributed by atoms with E-state index in [-0.39, 0.29) is 0 Å². The average molecular weight is 396 g/mol. The lowest BCUT2D eigenvalue weighted by atomic mass is 9.99. The van der Waals surface area contributed by atoms with Gasteiger partial charge in [-0.15, -0.1) is 4.36 Å². The topological polar surface area (TPSA) is 99.7 Å². The van der Waals surface area contributed by atoms with Crippen molar-refractivity contribution in [3.8, 4) is 0 Å². The highest BCUT2D eigenvalue weighted by Crippen LogP contribution is 2.38. The lowest BCUT2D eigenvalue weighted by molar-refractivity contribution is 0.256. The Morgan fingerprint density at radius 3 is 2.43 bits per heavy atom. The first kappa shape index (κ1) is 17.2. The van der Waals surface area contributed by atoms with Gasteiger partial charge in [0, 0.05) is 5.69 Å². The van der Waals surface area contributed by atoms with Crippen LogP contribution < -0.4 is 15.4 Å². The zero-order valence-electron chi connectivity index (χ0n) is 15.2. The van der Waals surface area contributed by atoms with Crippen molar-refractivity contribution in [2.24, 2.45) is 4.36 Å². The Bertz CT molecular complexity index is 1120. The molecular weight excluding hydrogens is 376 g/mol. The van der Waals surface area contributed by atoms with E-state index in [9.17, 15) is 13.8 Å². The Hall–Kier alpha value is -2.87. The number of fused-ring (bicyclic) bond motifs is 3. The van der Waals surface area contributed by atoms with E-state index in [0.29, 0.717) is 10.6 Å². The number of hydrogen-bond acceptors (Lipinski definition) is 3. The molecule has 2 aromatic rings. The standard InChI is InChI=1S/C20H20N4O3S/c25-19-21-16-9-1-2-10-17(16)28(27,23-19)24-20(26)22-18-14-7-3-5-12(14)11-13-6-4-8-15(13)18/h1-2,9-11H,3-8H2,(H3,21,22,23,24,25,26,27). The second-order valence-electron chi connectivity index (χ2n) is 7.33. The Morgan fingerprint density at radius 2 is 1.71 bits per heavy atom. The molecule has 1 unspecified atom stereocenters. The molecular formula is C20H20N4O3S. The van der Waals surface area contributed by atoms with E-state index in [0.717, 1.165) is 44.2 Å². The molecule has 1 aliphatic heterocycles. The Morgan fingerprint density at radius 1 is 1.04 bits per heavy atom. The molecule has 0 saturated carbocycles. The fourth-order valence-corrected chi connectivity index (χ4v) is 5.94. The van der Waals surface area contributed by atoms with Gasteiger partial charge in [0.05, 0.1) is 10.6 Å². The third-order valence-electron chi connectivity index (χ3n) is 5.58. The predicted octanol–water partition coefficient (Wildman–Crippen LogP) is 3.77. The minimum absolute atomic E-state index is 0.299. The third kappa shape index (κ3) is 2.75. The lowest BCUT2D eigenvalue weighted by Gasteiger charge is -2.21. The Labute approximate surface area is 163 Å². The van der Waals surface area contributed by atoms with Crippen molar-refractivity contribution in [3.05, 3.63) is 52.6 Å². The fraction of sp³-hybridized carbons (Fsp3) is 0.300. The molecule has 0 radical (unpaired) electrons. The van der Waals surface area contributed by atoms with Gasteiger partial charge in [0.1, 0.15) is 0 Å². The first-order valence-corrected chi connectivity index (χ1v) is 11.0. The smallest absolute Gasteiger partial charge is 0.306 e. The predicted molar refractivity (Wildman–Crippen MR) is 107 cm³/mol. The lowest BCUT2D eigenvalue weighted by Crippen LogP contribution is -2.39. The minimum Gasteiger partial charge on any atom is -0.306 e. The van der Waals surface area contributed by atoms with Gasteiger partial charge >= 0.3 is 12.1 Å². The van der Waals surface area contributed by atoms with Crippen LogP contribution >= 0.6 is 0 Å². The largest absolute Gasteiger partial charge is 0.355 e.